The summed E-state index contributed by atoms with van der Waals surface area (Å²) in [5.41, 5.74) is 0. The molecule has 1 heterocycles. The Morgan fingerprint density at radius 1 is 1.47 bits per heavy atom. The van der Waals surface area contributed by atoms with Gasteiger partial charge >= 0.3 is 0 Å². The fourth-order valence-electron chi connectivity index (χ4n) is 2.17. The Kier molecular flexibility index (Phi) is 6.69. The summed E-state index contributed by atoms with van der Waals surface area (Å²) in [7, 11) is 2.25. The molecule has 90 valence electrons. The van der Waals surface area contributed by atoms with Gasteiger partial charge in [0.1, 0.15) is 0 Å². The molecule has 1 fully saturated rings. The molecule has 3 heteroatoms. The number of hydrogen-bond donors (Lipinski definition) is 1. The van der Waals surface area contributed by atoms with Crippen LogP contribution in [-0.4, -0.2) is 49.1 Å². The molecular weight excluding hydrogens is 204 g/mol. The summed E-state index contributed by atoms with van der Waals surface area (Å²) < 4.78 is 0. The SMILES string of the molecule is CSCCN(C)C(C)CC1CCCCN1. The normalized spacial score (nSPS) is 24.4. The standard InChI is InChI=1S/C12H26N2S/c1-11(14(2)8-9-15-3)10-12-6-4-5-7-13-12/h11-13H,4-10H2,1-3H3. The predicted molar refractivity (Wildman–Crippen MR) is 70.7 cm³/mol. The van der Waals surface area contributed by atoms with E-state index in [9.17, 15) is 0 Å². The number of nitrogens with one attached hydrogen (secondary N) is 1. The third-order valence-corrected chi connectivity index (χ3v) is 4.03. The average Bonchev–Trinajstić information content (AvgIpc) is 2.27. The summed E-state index contributed by atoms with van der Waals surface area (Å²) >= 11 is 1.94. The zero-order chi connectivity index (χ0) is 11.1. The Bertz CT molecular complexity index is 158. The van der Waals surface area contributed by atoms with Gasteiger partial charge in [-0.25, -0.2) is 0 Å². The lowest BCUT2D eigenvalue weighted by molar-refractivity contribution is 0.227. The van der Waals surface area contributed by atoms with Crippen molar-refractivity contribution in [1.82, 2.24) is 10.2 Å². The Morgan fingerprint density at radius 2 is 2.27 bits per heavy atom. The lowest BCUT2D eigenvalue weighted by Crippen LogP contribution is -2.41. The summed E-state index contributed by atoms with van der Waals surface area (Å²) in [6.45, 7) is 4.80. The van der Waals surface area contributed by atoms with Crippen molar-refractivity contribution in [1.29, 1.82) is 0 Å². The second-order valence-electron chi connectivity index (χ2n) is 4.70. The lowest BCUT2D eigenvalue weighted by Gasteiger charge is -2.31. The van der Waals surface area contributed by atoms with Gasteiger partial charge in [-0.2, -0.15) is 11.8 Å². The van der Waals surface area contributed by atoms with Gasteiger partial charge < -0.3 is 10.2 Å². The van der Waals surface area contributed by atoms with Crippen LogP contribution in [0.15, 0.2) is 0 Å². The van der Waals surface area contributed by atoms with Gasteiger partial charge in [0.15, 0.2) is 0 Å². The van der Waals surface area contributed by atoms with Crippen LogP contribution in [0.1, 0.15) is 32.6 Å². The van der Waals surface area contributed by atoms with Crippen molar-refractivity contribution in [2.75, 3.05) is 32.1 Å². The molecule has 1 rings (SSSR count). The molecule has 2 atom stereocenters. The molecule has 0 spiro atoms. The zero-order valence-electron chi connectivity index (χ0n) is 10.5. The second-order valence-corrected chi connectivity index (χ2v) is 5.69. The first-order chi connectivity index (χ1) is 7.24. The zero-order valence-corrected chi connectivity index (χ0v) is 11.3. The maximum Gasteiger partial charge on any atom is 0.00818 e. The van der Waals surface area contributed by atoms with E-state index in [0.29, 0.717) is 6.04 Å². The summed E-state index contributed by atoms with van der Waals surface area (Å²) in [4.78, 5) is 2.49. The van der Waals surface area contributed by atoms with Crippen molar-refractivity contribution in [2.24, 2.45) is 0 Å². The summed E-state index contributed by atoms with van der Waals surface area (Å²) in [5.74, 6) is 1.25. The van der Waals surface area contributed by atoms with Crippen LogP contribution in [0.4, 0.5) is 0 Å². The second kappa shape index (κ2) is 7.53. The van der Waals surface area contributed by atoms with Crippen LogP contribution in [-0.2, 0) is 0 Å². The van der Waals surface area contributed by atoms with E-state index in [1.54, 1.807) is 0 Å². The highest BCUT2D eigenvalue weighted by Crippen LogP contribution is 2.14. The molecule has 15 heavy (non-hydrogen) atoms. The Hall–Kier alpha value is 0.270. The highest BCUT2D eigenvalue weighted by molar-refractivity contribution is 7.98. The average molecular weight is 230 g/mol. The molecule has 0 aliphatic carbocycles. The largest absolute Gasteiger partial charge is 0.314 e. The maximum absolute atomic E-state index is 3.63. The molecule has 0 saturated carbocycles. The third-order valence-electron chi connectivity index (χ3n) is 3.44. The molecule has 2 unspecified atom stereocenters. The molecule has 1 saturated heterocycles. The molecule has 0 radical (unpaired) electrons. The topological polar surface area (TPSA) is 15.3 Å². The van der Waals surface area contributed by atoms with Gasteiger partial charge in [0.2, 0.25) is 0 Å². The van der Waals surface area contributed by atoms with Crippen LogP contribution >= 0.6 is 11.8 Å². The quantitative estimate of drug-likeness (QED) is 0.753. The minimum atomic E-state index is 0.716. The van der Waals surface area contributed by atoms with E-state index in [1.165, 1.54) is 44.5 Å². The van der Waals surface area contributed by atoms with Gasteiger partial charge in [0, 0.05) is 24.4 Å². The molecule has 1 N–H and O–H groups in total. The van der Waals surface area contributed by atoms with Gasteiger partial charge in [0.25, 0.3) is 0 Å². The first kappa shape index (κ1) is 13.3. The van der Waals surface area contributed by atoms with Crippen molar-refractivity contribution in [3.63, 3.8) is 0 Å². The Balaban J connectivity index is 2.17. The summed E-state index contributed by atoms with van der Waals surface area (Å²) in [6, 6.07) is 1.48. The van der Waals surface area contributed by atoms with Gasteiger partial charge in [-0.15, -0.1) is 0 Å². The van der Waals surface area contributed by atoms with Crippen LogP contribution in [0.5, 0.6) is 0 Å². The molecule has 0 bridgehead atoms. The molecule has 0 aromatic rings. The number of rotatable bonds is 6. The van der Waals surface area contributed by atoms with Crippen LogP contribution in [0, 0.1) is 0 Å². The van der Waals surface area contributed by atoms with Gasteiger partial charge in [-0.1, -0.05) is 6.42 Å². The number of nitrogens with zero attached hydrogens (tertiary/aromatic N) is 1. The minimum absolute atomic E-state index is 0.716. The van der Waals surface area contributed by atoms with Crippen LogP contribution in [0.25, 0.3) is 0 Å². The third kappa shape index (κ3) is 5.23. The van der Waals surface area contributed by atoms with Crippen LogP contribution < -0.4 is 5.32 Å². The van der Waals surface area contributed by atoms with Crippen molar-refractivity contribution in [3.8, 4) is 0 Å². The molecule has 0 amide bonds. The summed E-state index contributed by atoms with van der Waals surface area (Å²) in [6.07, 6.45) is 7.65. The van der Waals surface area contributed by atoms with Gasteiger partial charge in [-0.3, -0.25) is 0 Å². The van der Waals surface area contributed by atoms with Crippen molar-refractivity contribution < 1.29 is 0 Å². The number of piperidine rings is 1. The van der Waals surface area contributed by atoms with Crippen molar-refractivity contribution in [3.05, 3.63) is 0 Å². The molecule has 0 aromatic carbocycles. The molecule has 1 aliphatic heterocycles. The van der Waals surface area contributed by atoms with E-state index >= 15 is 0 Å². The van der Waals surface area contributed by atoms with Gasteiger partial charge in [-0.05, 0) is 46.0 Å². The maximum atomic E-state index is 3.63. The van der Waals surface area contributed by atoms with Crippen LogP contribution in [0.2, 0.25) is 0 Å². The highest BCUT2D eigenvalue weighted by atomic mass is 32.2. The van der Waals surface area contributed by atoms with Gasteiger partial charge in [0.05, 0.1) is 0 Å². The minimum Gasteiger partial charge on any atom is -0.314 e. The monoisotopic (exact) mass is 230 g/mol. The first-order valence-electron chi connectivity index (χ1n) is 6.16. The van der Waals surface area contributed by atoms with E-state index in [2.05, 4.69) is 30.4 Å². The van der Waals surface area contributed by atoms with E-state index in [0.717, 1.165) is 6.04 Å². The smallest absolute Gasteiger partial charge is 0.00818 e. The first-order valence-corrected chi connectivity index (χ1v) is 7.56. The molecule has 1 aliphatic rings. The molecular formula is C12H26N2S. The lowest BCUT2D eigenvalue weighted by atomic mass is 9.98. The number of thioether (sulfide) groups is 1. The van der Waals surface area contributed by atoms with Crippen LogP contribution in [0.3, 0.4) is 0 Å². The van der Waals surface area contributed by atoms with E-state index in [-0.39, 0.29) is 0 Å². The Morgan fingerprint density at radius 3 is 2.87 bits per heavy atom. The van der Waals surface area contributed by atoms with E-state index < -0.39 is 0 Å². The molecule has 2 nitrogen and oxygen atoms in total. The predicted octanol–water partition coefficient (Wildman–Crippen LogP) is 2.20. The Labute approximate surface area is 99.2 Å². The van der Waals surface area contributed by atoms with E-state index in [4.69, 9.17) is 0 Å². The highest BCUT2D eigenvalue weighted by Gasteiger charge is 2.17. The fraction of sp³-hybridized carbons (Fsp3) is 1.00. The molecule has 0 aromatic heterocycles. The van der Waals surface area contributed by atoms with Crippen molar-refractivity contribution >= 4 is 11.8 Å². The fourth-order valence-corrected chi connectivity index (χ4v) is 2.64. The van der Waals surface area contributed by atoms with Crippen molar-refractivity contribution in [2.45, 2.75) is 44.7 Å². The summed E-state index contributed by atoms with van der Waals surface area (Å²) in [5, 5.41) is 3.63. The number of hydrogen-bond acceptors (Lipinski definition) is 3. The van der Waals surface area contributed by atoms with E-state index in [1.807, 2.05) is 11.8 Å².